The third-order valence-electron chi connectivity index (χ3n) is 4.63. The van der Waals surface area contributed by atoms with E-state index >= 15 is 0 Å². The maximum Gasteiger partial charge on any atom is 0.336 e. The molecule has 29 heavy (non-hydrogen) atoms. The number of hydrogen-bond donors (Lipinski definition) is 1. The molecule has 1 heterocycles. The molecule has 1 aromatic rings. The summed E-state index contributed by atoms with van der Waals surface area (Å²) in [7, 11) is 1.44. The van der Waals surface area contributed by atoms with Crippen LogP contribution in [0.1, 0.15) is 58.9 Å². The molecule has 0 saturated heterocycles. The molecule has 0 aliphatic carbocycles. The van der Waals surface area contributed by atoms with E-state index in [-0.39, 0.29) is 17.8 Å². The van der Waals surface area contributed by atoms with Crippen molar-refractivity contribution in [1.29, 1.82) is 5.26 Å². The highest BCUT2D eigenvalue weighted by atomic mass is 19.1. The quantitative estimate of drug-likeness (QED) is 0.683. The topological polar surface area (TPSA) is 71.3 Å². The minimum atomic E-state index is -0.689. The Kier molecular flexibility index (Phi) is 7.07. The average molecular weight is 400 g/mol. The van der Waals surface area contributed by atoms with Gasteiger partial charge in [-0.15, -0.1) is 0 Å². The van der Waals surface area contributed by atoms with Gasteiger partial charge < -0.3 is 14.8 Å². The van der Waals surface area contributed by atoms with Gasteiger partial charge in [-0.1, -0.05) is 40.2 Å². The molecule has 0 spiro atoms. The predicted octanol–water partition coefficient (Wildman–Crippen LogP) is 4.96. The normalized spacial score (nSPS) is 17.0. The molecule has 5 nitrogen and oxygen atoms in total. The first-order valence-electron chi connectivity index (χ1n) is 9.74. The second-order valence-corrected chi connectivity index (χ2v) is 8.37. The molecule has 1 aliphatic heterocycles. The summed E-state index contributed by atoms with van der Waals surface area (Å²) >= 11 is 0. The van der Waals surface area contributed by atoms with Crippen LogP contribution in [0.5, 0.6) is 5.75 Å². The molecule has 1 atom stereocenters. The monoisotopic (exact) mass is 400 g/mol. The van der Waals surface area contributed by atoms with Crippen molar-refractivity contribution in [2.45, 2.75) is 53.4 Å². The lowest BCUT2D eigenvalue weighted by molar-refractivity contribution is -0.142. The van der Waals surface area contributed by atoms with Crippen molar-refractivity contribution in [3.63, 3.8) is 0 Å². The molecule has 1 unspecified atom stereocenters. The molecule has 156 valence electrons. The number of dihydropyridines is 1. The van der Waals surface area contributed by atoms with Crippen molar-refractivity contribution in [3.05, 3.63) is 52.1 Å². The summed E-state index contributed by atoms with van der Waals surface area (Å²) in [5.41, 5.74) is 2.51. The third-order valence-corrected chi connectivity index (χ3v) is 4.63. The summed E-state index contributed by atoms with van der Waals surface area (Å²) in [6.45, 7) is 9.99. The van der Waals surface area contributed by atoms with Crippen LogP contribution in [0.2, 0.25) is 0 Å². The molecule has 0 bridgehead atoms. The molecule has 0 amide bonds. The van der Waals surface area contributed by atoms with Crippen LogP contribution in [0.3, 0.4) is 0 Å². The largest absolute Gasteiger partial charge is 0.496 e. The molecule has 1 aliphatic rings. The highest BCUT2D eigenvalue weighted by Gasteiger charge is 2.37. The fourth-order valence-electron chi connectivity index (χ4n) is 3.33. The van der Waals surface area contributed by atoms with Crippen molar-refractivity contribution >= 4 is 5.97 Å². The maximum atomic E-state index is 13.8. The number of nitriles is 1. The van der Waals surface area contributed by atoms with Crippen molar-refractivity contribution < 1.29 is 18.7 Å². The Morgan fingerprint density at radius 1 is 1.34 bits per heavy atom. The average Bonchev–Trinajstić information content (AvgIpc) is 2.65. The Morgan fingerprint density at radius 3 is 2.59 bits per heavy atom. The Bertz CT molecular complexity index is 888. The number of nitrogens with zero attached hydrogens (tertiary/aromatic N) is 1. The van der Waals surface area contributed by atoms with Gasteiger partial charge in [0.1, 0.15) is 11.6 Å². The van der Waals surface area contributed by atoms with Gasteiger partial charge in [0.15, 0.2) is 0 Å². The van der Waals surface area contributed by atoms with Crippen LogP contribution in [0.4, 0.5) is 4.39 Å². The smallest absolute Gasteiger partial charge is 0.336 e. The van der Waals surface area contributed by atoms with E-state index in [2.05, 4.69) is 11.4 Å². The van der Waals surface area contributed by atoms with E-state index in [1.54, 1.807) is 13.0 Å². The molecule has 0 radical (unpaired) electrons. The lowest BCUT2D eigenvalue weighted by Gasteiger charge is -2.31. The van der Waals surface area contributed by atoms with Gasteiger partial charge in [-0.25, -0.2) is 9.18 Å². The maximum absolute atomic E-state index is 13.8. The minimum Gasteiger partial charge on any atom is -0.496 e. The highest BCUT2D eigenvalue weighted by Crippen LogP contribution is 2.43. The zero-order valence-corrected chi connectivity index (χ0v) is 18.0. The Balaban J connectivity index is 2.66. The van der Waals surface area contributed by atoms with Crippen LogP contribution in [0, 0.1) is 22.6 Å². The van der Waals surface area contributed by atoms with Crippen LogP contribution in [0.25, 0.3) is 0 Å². The van der Waals surface area contributed by atoms with Gasteiger partial charge in [0.25, 0.3) is 0 Å². The van der Waals surface area contributed by atoms with Crippen molar-refractivity contribution in [2.75, 3.05) is 13.7 Å². The van der Waals surface area contributed by atoms with E-state index in [0.717, 1.165) is 12.1 Å². The number of ether oxygens (including phenoxy) is 2. The molecule has 0 fully saturated rings. The lowest BCUT2D eigenvalue weighted by Crippen LogP contribution is -2.31. The first-order valence-corrected chi connectivity index (χ1v) is 9.74. The van der Waals surface area contributed by atoms with Crippen LogP contribution < -0.4 is 10.1 Å². The molecule has 1 aromatic carbocycles. The Morgan fingerprint density at radius 2 is 2.03 bits per heavy atom. The number of esters is 1. The van der Waals surface area contributed by atoms with Crippen molar-refractivity contribution in [3.8, 4) is 11.8 Å². The second-order valence-electron chi connectivity index (χ2n) is 8.37. The van der Waals surface area contributed by atoms with E-state index in [4.69, 9.17) is 9.47 Å². The van der Waals surface area contributed by atoms with Gasteiger partial charge in [-0.3, -0.25) is 0 Å². The molecule has 1 N–H and O–H groups in total. The number of rotatable bonds is 6. The molecule has 2 rings (SSSR count). The van der Waals surface area contributed by atoms with E-state index in [0.29, 0.717) is 28.8 Å². The summed E-state index contributed by atoms with van der Waals surface area (Å²) in [6, 6.07) is 6.35. The second kappa shape index (κ2) is 9.13. The number of allylic oxidation sites excluding steroid dienone is 3. The summed E-state index contributed by atoms with van der Waals surface area (Å²) in [4.78, 5) is 13.2. The summed E-state index contributed by atoms with van der Waals surface area (Å²) in [6.07, 6.45) is 1.43. The number of hydrogen-bond acceptors (Lipinski definition) is 5. The van der Waals surface area contributed by atoms with E-state index in [9.17, 15) is 14.4 Å². The molecular formula is C23H29FN2O3. The number of methoxy groups -OCH3 is 1. The van der Waals surface area contributed by atoms with Gasteiger partial charge in [0, 0.05) is 23.0 Å². The SMILES string of the molecule is CCCC1=C(C(=O)OCC(C)(C)C)C(c2ccc(F)cc2OC)C(C#N)=C(C)N1. The third kappa shape index (κ3) is 5.17. The summed E-state index contributed by atoms with van der Waals surface area (Å²) in [5.74, 6) is -1.33. The number of nitrogens with one attached hydrogen (secondary N) is 1. The van der Waals surface area contributed by atoms with Gasteiger partial charge in [0.05, 0.1) is 36.9 Å². The number of carbonyl (C=O) groups is 1. The number of carbonyl (C=O) groups excluding carboxylic acids is 1. The zero-order valence-electron chi connectivity index (χ0n) is 18.0. The Hall–Kier alpha value is -2.81. The predicted molar refractivity (Wildman–Crippen MR) is 109 cm³/mol. The first-order chi connectivity index (χ1) is 13.6. The van der Waals surface area contributed by atoms with Gasteiger partial charge >= 0.3 is 5.97 Å². The van der Waals surface area contributed by atoms with Gasteiger partial charge in [-0.2, -0.15) is 5.26 Å². The lowest BCUT2D eigenvalue weighted by atomic mass is 9.79. The summed E-state index contributed by atoms with van der Waals surface area (Å²) < 4.78 is 24.8. The fraction of sp³-hybridized carbons (Fsp3) is 0.478. The van der Waals surface area contributed by atoms with Crippen molar-refractivity contribution in [1.82, 2.24) is 5.32 Å². The fourth-order valence-corrected chi connectivity index (χ4v) is 3.33. The zero-order chi connectivity index (χ0) is 21.8. The summed E-state index contributed by atoms with van der Waals surface area (Å²) in [5, 5.41) is 13.1. The molecule has 6 heteroatoms. The van der Waals surface area contributed by atoms with Crippen LogP contribution in [-0.4, -0.2) is 19.7 Å². The Labute approximate surface area is 172 Å². The molecular weight excluding hydrogens is 371 g/mol. The van der Waals surface area contributed by atoms with E-state index in [1.165, 1.54) is 19.2 Å². The van der Waals surface area contributed by atoms with E-state index in [1.807, 2.05) is 27.7 Å². The number of halogens is 1. The van der Waals surface area contributed by atoms with Gasteiger partial charge in [-0.05, 0) is 24.8 Å². The molecule has 0 aromatic heterocycles. The van der Waals surface area contributed by atoms with Crippen LogP contribution in [-0.2, 0) is 9.53 Å². The van der Waals surface area contributed by atoms with Gasteiger partial charge in [0.2, 0.25) is 0 Å². The first kappa shape index (κ1) is 22.5. The van der Waals surface area contributed by atoms with E-state index < -0.39 is 17.7 Å². The highest BCUT2D eigenvalue weighted by molar-refractivity contribution is 5.93. The number of benzene rings is 1. The van der Waals surface area contributed by atoms with Crippen molar-refractivity contribution in [2.24, 2.45) is 5.41 Å². The van der Waals surface area contributed by atoms with Crippen LogP contribution >= 0.6 is 0 Å². The molecule has 0 saturated carbocycles. The minimum absolute atomic E-state index is 0.198. The standard InChI is InChI=1S/C23H29FN2O3/c1-7-8-18-21(22(27)29-13-23(3,4)5)20(17(12-25)14(2)26-18)16-10-9-15(24)11-19(16)28-6/h9-11,20,26H,7-8,13H2,1-6H3. The van der Waals surface area contributed by atoms with Crippen LogP contribution in [0.15, 0.2) is 40.7 Å².